The van der Waals surface area contributed by atoms with Gasteiger partial charge in [-0.05, 0) is 18.8 Å². The number of rotatable bonds is 4. The van der Waals surface area contributed by atoms with Crippen LogP contribution in [0.2, 0.25) is 0 Å². The van der Waals surface area contributed by atoms with Crippen LogP contribution in [0.3, 0.4) is 0 Å². The molecule has 1 heterocycles. The molecule has 1 aromatic rings. The molecule has 22 heavy (non-hydrogen) atoms. The van der Waals surface area contributed by atoms with Crippen molar-refractivity contribution in [2.45, 2.75) is 19.8 Å². The molecule has 0 bridgehead atoms. The van der Waals surface area contributed by atoms with Gasteiger partial charge in [-0.25, -0.2) is 0 Å². The number of piperidine rings is 1. The highest BCUT2D eigenvalue weighted by molar-refractivity contribution is 5.96. The lowest BCUT2D eigenvalue weighted by Crippen LogP contribution is -2.33. The molecule has 0 spiro atoms. The minimum atomic E-state index is -0.940. The van der Waals surface area contributed by atoms with E-state index in [0.717, 1.165) is 25.0 Å². The summed E-state index contributed by atoms with van der Waals surface area (Å²) in [7, 11) is 0. The van der Waals surface area contributed by atoms with Gasteiger partial charge < -0.3 is 10.6 Å². The number of carbonyl (C=O) groups is 1. The van der Waals surface area contributed by atoms with Crippen LogP contribution in [0.4, 0.5) is 17.1 Å². The fourth-order valence-electron chi connectivity index (χ4n) is 2.58. The molecule has 1 aromatic carbocycles. The molecule has 0 atom stereocenters. The molecule has 1 aliphatic heterocycles. The second-order valence-electron chi connectivity index (χ2n) is 5.41. The molecule has 0 saturated carbocycles. The summed E-state index contributed by atoms with van der Waals surface area (Å²) in [5.41, 5.74) is 3.89. The molecular formula is C13H16N4O5. The van der Waals surface area contributed by atoms with Crippen molar-refractivity contribution in [3.8, 4) is 0 Å². The lowest BCUT2D eigenvalue weighted by Gasteiger charge is -2.31. The molecule has 1 saturated heterocycles. The standard InChI is InChI=1S/C13H16N4O5/c1-8-2-4-15(5-3-8)12-10(16(19)20)6-9(13(14)18)7-11(12)17(21)22/h6-8H,2-5H2,1H3,(H2,14,18). The average molecular weight is 308 g/mol. The van der Waals surface area contributed by atoms with Crippen LogP contribution >= 0.6 is 0 Å². The lowest BCUT2D eigenvalue weighted by molar-refractivity contribution is -0.392. The van der Waals surface area contributed by atoms with Gasteiger partial charge in [0, 0.05) is 25.2 Å². The molecule has 0 aliphatic carbocycles. The number of hydrogen-bond donors (Lipinski definition) is 1. The Balaban J connectivity index is 2.61. The highest BCUT2D eigenvalue weighted by Gasteiger charge is 2.33. The summed E-state index contributed by atoms with van der Waals surface area (Å²) in [6.45, 7) is 3.06. The van der Waals surface area contributed by atoms with Crippen LogP contribution in [0.25, 0.3) is 0 Å². The number of primary amides is 1. The Morgan fingerprint density at radius 1 is 1.18 bits per heavy atom. The van der Waals surface area contributed by atoms with Gasteiger partial charge in [0.2, 0.25) is 5.91 Å². The van der Waals surface area contributed by atoms with Gasteiger partial charge in [-0.3, -0.25) is 25.0 Å². The van der Waals surface area contributed by atoms with Crippen LogP contribution in [0.15, 0.2) is 12.1 Å². The number of benzene rings is 1. The number of amides is 1. The zero-order valence-electron chi connectivity index (χ0n) is 12.0. The smallest absolute Gasteiger partial charge is 0.300 e. The molecule has 118 valence electrons. The van der Waals surface area contributed by atoms with E-state index in [1.165, 1.54) is 0 Å². The van der Waals surface area contributed by atoms with Gasteiger partial charge in [-0.15, -0.1) is 0 Å². The molecule has 9 nitrogen and oxygen atoms in total. The molecule has 2 N–H and O–H groups in total. The van der Waals surface area contributed by atoms with Crippen molar-refractivity contribution < 1.29 is 14.6 Å². The first-order valence-corrected chi connectivity index (χ1v) is 6.82. The predicted octanol–water partition coefficient (Wildman–Crippen LogP) is 1.84. The van der Waals surface area contributed by atoms with Gasteiger partial charge >= 0.3 is 0 Å². The second kappa shape index (κ2) is 5.96. The van der Waals surface area contributed by atoms with Crippen LogP contribution in [-0.4, -0.2) is 28.8 Å². The number of nitro benzene ring substituents is 2. The maximum absolute atomic E-state index is 11.3. The Kier molecular flexibility index (Phi) is 4.25. The highest BCUT2D eigenvalue weighted by Crippen LogP contribution is 2.40. The van der Waals surface area contributed by atoms with Crippen molar-refractivity contribution in [1.29, 1.82) is 0 Å². The van der Waals surface area contributed by atoms with Gasteiger partial charge in [0.05, 0.1) is 15.4 Å². The van der Waals surface area contributed by atoms with Crippen LogP contribution in [0.1, 0.15) is 30.1 Å². The van der Waals surface area contributed by atoms with E-state index in [0.29, 0.717) is 19.0 Å². The van der Waals surface area contributed by atoms with E-state index in [4.69, 9.17) is 5.73 Å². The summed E-state index contributed by atoms with van der Waals surface area (Å²) in [6, 6.07) is 2.01. The molecule has 1 amide bonds. The quantitative estimate of drug-likeness (QED) is 0.666. The summed E-state index contributed by atoms with van der Waals surface area (Å²) >= 11 is 0. The average Bonchev–Trinajstić information content (AvgIpc) is 2.46. The third-order valence-corrected chi connectivity index (χ3v) is 3.85. The Labute approximate surface area is 126 Å². The highest BCUT2D eigenvalue weighted by atomic mass is 16.6. The number of nitro groups is 2. The van der Waals surface area contributed by atoms with Crippen molar-refractivity contribution >= 4 is 23.0 Å². The van der Waals surface area contributed by atoms with Crippen molar-refractivity contribution in [2.24, 2.45) is 11.7 Å². The predicted molar refractivity (Wildman–Crippen MR) is 78.9 cm³/mol. The van der Waals surface area contributed by atoms with Crippen molar-refractivity contribution in [3.63, 3.8) is 0 Å². The monoisotopic (exact) mass is 308 g/mol. The zero-order valence-corrected chi connectivity index (χ0v) is 12.0. The number of nitrogens with two attached hydrogens (primary N) is 1. The molecule has 1 aliphatic rings. The topological polar surface area (TPSA) is 133 Å². The van der Waals surface area contributed by atoms with E-state index in [9.17, 15) is 25.0 Å². The van der Waals surface area contributed by atoms with E-state index >= 15 is 0 Å². The summed E-state index contributed by atoms with van der Waals surface area (Å²) in [5.74, 6) is -0.468. The summed E-state index contributed by atoms with van der Waals surface area (Å²) in [6.07, 6.45) is 1.59. The first kappa shape index (κ1) is 15.7. The number of nitrogens with zero attached hydrogens (tertiary/aromatic N) is 3. The molecule has 0 radical (unpaired) electrons. The van der Waals surface area contributed by atoms with Gasteiger partial charge in [0.15, 0.2) is 5.69 Å². The minimum Gasteiger partial charge on any atom is -0.366 e. The van der Waals surface area contributed by atoms with Gasteiger partial charge in [0.1, 0.15) is 0 Å². The fourth-order valence-corrected chi connectivity index (χ4v) is 2.58. The van der Waals surface area contributed by atoms with Crippen molar-refractivity contribution in [3.05, 3.63) is 37.9 Å². The van der Waals surface area contributed by atoms with Gasteiger partial charge in [0.25, 0.3) is 11.4 Å². The Hall–Kier alpha value is -2.71. The van der Waals surface area contributed by atoms with E-state index < -0.39 is 27.1 Å². The maximum atomic E-state index is 11.3. The summed E-state index contributed by atoms with van der Waals surface area (Å²) in [5, 5.41) is 22.6. The fraction of sp³-hybridized carbons (Fsp3) is 0.462. The van der Waals surface area contributed by atoms with Crippen molar-refractivity contribution in [1.82, 2.24) is 0 Å². The molecule has 2 rings (SSSR count). The van der Waals surface area contributed by atoms with Crippen LogP contribution in [0, 0.1) is 26.1 Å². The Bertz CT molecular complexity index is 602. The summed E-state index contributed by atoms with van der Waals surface area (Å²) < 4.78 is 0. The van der Waals surface area contributed by atoms with Gasteiger partial charge in [-0.2, -0.15) is 0 Å². The van der Waals surface area contributed by atoms with Crippen molar-refractivity contribution in [2.75, 3.05) is 18.0 Å². The van der Waals surface area contributed by atoms with E-state index in [1.807, 2.05) is 0 Å². The first-order valence-electron chi connectivity index (χ1n) is 6.82. The minimum absolute atomic E-state index is 0.0492. The zero-order chi connectivity index (χ0) is 16.4. The molecule has 9 heteroatoms. The van der Waals surface area contributed by atoms with Crippen LogP contribution in [0.5, 0.6) is 0 Å². The molecular weight excluding hydrogens is 292 g/mol. The number of hydrogen-bond acceptors (Lipinski definition) is 6. The Morgan fingerprint density at radius 3 is 2.00 bits per heavy atom. The maximum Gasteiger partial charge on any atom is 0.300 e. The molecule has 1 fully saturated rings. The third-order valence-electron chi connectivity index (χ3n) is 3.85. The first-order chi connectivity index (χ1) is 10.3. The SMILES string of the molecule is CC1CCN(c2c([N+](=O)[O-])cc(C(N)=O)cc2[N+](=O)[O-])CC1. The largest absolute Gasteiger partial charge is 0.366 e. The van der Waals surface area contributed by atoms with E-state index in [-0.39, 0.29) is 11.3 Å². The number of anilines is 1. The Morgan fingerprint density at radius 2 is 1.64 bits per heavy atom. The lowest BCUT2D eigenvalue weighted by atomic mass is 9.98. The van der Waals surface area contributed by atoms with Crippen LogP contribution in [-0.2, 0) is 0 Å². The molecule has 0 unspecified atom stereocenters. The van der Waals surface area contributed by atoms with E-state index in [1.54, 1.807) is 4.90 Å². The van der Waals surface area contributed by atoms with E-state index in [2.05, 4.69) is 6.92 Å². The summed E-state index contributed by atoms with van der Waals surface area (Å²) in [4.78, 5) is 34.0. The van der Waals surface area contributed by atoms with Crippen LogP contribution < -0.4 is 10.6 Å². The number of carbonyl (C=O) groups excluding carboxylic acids is 1. The second-order valence-corrected chi connectivity index (χ2v) is 5.41. The normalized spacial score (nSPS) is 15.6. The third kappa shape index (κ3) is 2.97. The van der Waals surface area contributed by atoms with Gasteiger partial charge in [-0.1, -0.05) is 6.92 Å². The molecule has 0 aromatic heterocycles.